The topological polar surface area (TPSA) is 88.8 Å². The molecule has 0 saturated heterocycles. The summed E-state index contributed by atoms with van der Waals surface area (Å²) in [6, 6.07) is 9.45. The zero-order chi connectivity index (χ0) is 19.9. The summed E-state index contributed by atoms with van der Waals surface area (Å²) in [5, 5.41) is 2.79. The van der Waals surface area contributed by atoms with E-state index in [0.717, 1.165) is 22.1 Å². The van der Waals surface area contributed by atoms with Gasteiger partial charge in [0.25, 0.3) is 0 Å². The Balaban J connectivity index is 1.95. The second-order valence-corrected chi connectivity index (χ2v) is 8.82. The molecule has 2 rings (SSSR count). The molecule has 1 N–H and O–H groups in total. The van der Waals surface area contributed by atoms with E-state index in [0.29, 0.717) is 23.7 Å². The third kappa shape index (κ3) is 6.21. The van der Waals surface area contributed by atoms with Crippen molar-refractivity contribution in [3.63, 3.8) is 0 Å². The summed E-state index contributed by atoms with van der Waals surface area (Å²) in [6.45, 7) is 2.00. The van der Waals surface area contributed by atoms with Crippen molar-refractivity contribution in [1.29, 1.82) is 0 Å². The van der Waals surface area contributed by atoms with E-state index >= 15 is 0 Å². The maximum Gasteiger partial charge on any atom is 0.243 e. The second-order valence-electron chi connectivity index (χ2n) is 5.86. The maximum absolute atomic E-state index is 12.5. The SMILES string of the molecule is COc1cccc(N([C@@H](C)C(=O)NCCSCc2ccco2)S(C)(=O)=O)c1. The van der Waals surface area contributed by atoms with Crippen molar-refractivity contribution in [3.8, 4) is 5.75 Å². The van der Waals surface area contributed by atoms with Crippen molar-refractivity contribution in [3.05, 3.63) is 48.4 Å². The van der Waals surface area contributed by atoms with Crippen LogP contribution < -0.4 is 14.4 Å². The molecule has 0 spiro atoms. The minimum atomic E-state index is -3.65. The molecule has 9 heteroatoms. The number of rotatable bonds is 10. The molecule has 0 radical (unpaired) electrons. The van der Waals surface area contributed by atoms with Gasteiger partial charge in [-0.15, -0.1) is 0 Å². The average Bonchev–Trinajstić information content (AvgIpc) is 3.13. The second kappa shape index (κ2) is 9.70. The monoisotopic (exact) mass is 412 g/mol. The van der Waals surface area contributed by atoms with Gasteiger partial charge in [0.15, 0.2) is 0 Å². The lowest BCUT2D eigenvalue weighted by molar-refractivity contribution is -0.121. The highest BCUT2D eigenvalue weighted by molar-refractivity contribution is 7.98. The first-order chi connectivity index (χ1) is 12.8. The number of carbonyl (C=O) groups is 1. The van der Waals surface area contributed by atoms with E-state index < -0.39 is 16.1 Å². The first-order valence-corrected chi connectivity index (χ1v) is 11.3. The van der Waals surface area contributed by atoms with Crippen LogP contribution in [0.3, 0.4) is 0 Å². The lowest BCUT2D eigenvalue weighted by Crippen LogP contribution is -2.48. The number of ether oxygens (including phenoxy) is 1. The van der Waals surface area contributed by atoms with Gasteiger partial charge in [0.05, 0.1) is 31.1 Å². The summed E-state index contributed by atoms with van der Waals surface area (Å²) < 4.78 is 36.0. The average molecular weight is 413 g/mol. The highest BCUT2D eigenvalue weighted by Gasteiger charge is 2.29. The van der Waals surface area contributed by atoms with Crippen LogP contribution in [0.15, 0.2) is 47.1 Å². The van der Waals surface area contributed by atoms with Crippen molar-refractivity contribution in [2.45, 2.75) is 18.7 Å². The first kappa shape index (κ1) is 21.2. The van der Waals surface area contributed by atoms with Gasteiger partial charge in [0.2, 0.25) is 15.9 Å². The number of anilines is 1. The summed E-state index contributed by atoms with van der Waals surface area (Å²) in [5.74, 6) is 2.44. The van der Waals surface area contributed by atoms with Gasteiger partial charge in [-0.1, -0.05) is 6.07 Å². The predicted molar refractivity (Wildman–Crippen MR) is 108 cm³/mol. The summed E-state index contributed by atoms with van der Waals surface area (Å²) in [4.78, 5) is 12.5. The lowest BCUT2D eigenvalue weighted by Gasteiger charge is -2.28. The standard InChI is InChI=1S/C18H24N2O5S2/c1-14(18(21)19-9-11-26-13-17-8-5-10-25-17)20(27(3,22)23)15-6-4-7-16(12-15)24-2/h4-8,10,12,14H,9,11,13H2,1-3H3,(H,19,21)/t14-/m0/s1. The minimum absolute atomic E-state index is 0.359. The number of methoxy groups -OCH3 is 1. The molecule has 2 aromatic rings. The van der Waals surface area contributed by atoms with E-state index in [-0.39, 0.29) is 5.91 Å². The van der Waals surface area contributed by atoms with Crippen LogP contribution in [0.25, 0.3) is 0 Å². The molecule has 0 aliphatic carbocycles. The number of nitrogens with zero attached hydrogens (tertiary/aromatic N) is 1. The van der Waals surface area contributed by atoms with Crippen molar-refractivity contribution < 1.29 is 22.4 Å². The van der Waals surface area contributed by atoms with Gasteiger partial charge in [-0.2, -0.15) is 11.8 Å². The van der Waals surface area contributed by atoms with Crippen LogP contribution >= 0.6 is 11.8 Å². The fourth-order valence-corrected chi connectivity index (χ4v) is 4.44. The van der Waals surface area contributed by atoms with E-state index in [2.05, 4.69) is 5.32 Å². The Morgan fingerprint density at radius 2 is 2.11 bits per heavy atom. The Morgan fingerprint density at radius 3 is 2.74 bits per heavy atom. The molecule has 1 amide bonds. The third-order valence-electron chi connectivity index (χ3n) is 3.77. The fraction of sp³-hybridized carbons (Fsp3) is 0.389. The Hall–Kier alpha value is -2.13. The maximum atomic E-state index is 12.5. The summed E-state index contributed by atoms with van der Waals surface area (Å²) in [7, 11) is -2.15. The summed E-state index contributed by atoms with van der Waals surface area (Å²) in [5.41, 5.74) is 0.381. The third-order valence-corrected chi connectivity index (χ3v) is 5.99. The molecule has 1 heterocycles. The molecule has 0 fully saturated rings. The number of hydrogen-bond acceptors (Lipinski definition) is 6. The molecule has 148 valence electrons. The van der Waals surface area contributed by atoms with Gasteiger partial charge in [-0.05, 0) is 31.2 Å². The van der Waals surface area contributed by atoms with Crippen LogP contribution in [0.1, 0.15) is 12.7 Å². The number of sulfonamides is 1. The fourth-order valence-electron chi connectivity index (χ4n) is 2.52. The molecule has 1 aromatic carbocycles. The number of hydrogen-bond donors (Lipinski definition) is 1. The van der Waals surface area contributed by atoms with Gasteiger partial charge in [0, 0.05) is 18.4 Å². The van der Waals surface area contributed by atoms with Gasteiger partial charge < -0.3 is 14.5 Å². The largest absolute Gasteiger partial charge is 0.497 e. The normalized spacial score (nSPS) is 12.4. The van der Waals surface area contributed by atoms with Crippen LogP contribution in [-0.2, 0) is 20.6 Å². The molecule has 0 saturated carbocycles. The van der Waals surface area contributed by atoms with Crippen LogP contribution in [0.4, 0.5) is 5.69 Å². The van der Waals surface area contributed by atoms with Crippen LogP contribution in [0, 0.1) is 0 Å². The number of amides is 1. The van der Waals surface area contributed by atoms with E-state index in [1.54, 1.807) is 49.2 Å². The molecule has 0 aliphatic heterocycles. The van der Waals surface area contributed by atoms with Gasteiger partial charge in [-0.25, -0.2) is 8.42 Å². The highest BCUT2D eigenvalue weighted by atomic mass is 32.2. The number of nitrogens with one attached hydrogen (secondary N) is 1. The van der Waals surface area contributed by atoms with Gasteiger partial charge in [0.1, 0.15) is 17.6 Å². The van der Waals surface area contributed by atoms with Crippen molar-refractivity contribution >= 4 is 33.4 Å². The van der Waals surface area contributed by atoms with Crippen LogP contribution in [0.2, 0.25) is 0 Å². The Labute approximate surface area is 164 Å². The summed E-state index contributed by atoms with van der Waals surface area (Å²) >= 11 is 1.62. The molecule has 1 atom stereocenters. The quantitative estimate of drug-likeness (QED) is 0.603. The molecule has 0 unspecified atom stereocenters. The van der Waals surface area contributed by atoms with Gasteiger partial charge >= 0.3 is 0 Å². The lowest BCUT2D eigenvalue weighted by atomic mass is 10.2. The number of furan rings is 1. The zero-order valence-corrected chi connectivity index (χ0v) is 17.2. The van der Waals surface area contributed by atoms with E-state index in [1.807, 2.05) is 12.1 Å². The highest BCUT2D eigenvalue weighted by Crippen LogP contribution is 2.25. The number of carbonyl (C=O) groups excluding carboxylic acids is 1. The van der Waals surface area contributed by atoms with Crippen LogP contribution in [0.5, 0.6) is 5.75 Å². The predicted octanol–water partition coefficient (Wildman–Crippen LogP) is 2.49. The van der Waals surface area contributed by atoms with Crippen molar-refractivity contribution in [2.24, 2.45) is 0 Å². The number of benzene rings is 1. The molecule has 27 heavy (non-hydrogen) atoms. The minimum Gasteiger partial charge on any atom is -0.497 e. The van der Waals surface area contributed by atoms with Crippen LogP contribution in [-0.4, -0.2) is 46.0 Å². The van der Waals surface area contributed by atoms with E-state index in [9.17, 15) is 13.2 Å². The number of thioether (sulfide) groups is 1. The molecule has 1 aromatic heterocycles. The molecular weight excluding hydrogens is 388 g/mol. The molecule has 0 aliphatic rings. The Kier molecular flexibility index (Phi) is 7.61. The Morgan fingerprint density at radius 1 is 1.33 bits per heavy atom. The zero-order valence-electron chi connectivity index (χ0n) is 15.5. The smallest absolute Gasteiger partial charge is 0.243 e. The van der Waals surface area contributed by atoms with E-state index in [4.69, 9.17) is 9.15 Å². The summed E-state index contributed by atoms with van der Waals surface area (Å²) in [6.07, 6.45) is 2.70. The van der Waals surface area contributed by atoms with Crippen molar-refractivity contribution in [2.75, 3.05) is 30.0 Å². The van der Waals surface area contributed by atoms with E-state index in [1.165, 1.54) is 7.11 Å². The first-order valence-electron chi connectivity index (χ1n) is 8.34. The molecule has 0 bridgehead atoms. The van der Waals surface area contributed by atoms with Gasteiger partial charge in [-0.3, -0.25) is 9.10 Å². The van der Waals surface area contributed by atoms with Crippen molar-refractivity contribution in [1.82, 2.24) is 5.32 Å². The molecular formula is C18H24N2O5S2. The Bertz CT molecular complexity index is 837. The molecule has 7 nitrogen and oxygen atoms in total.